The van der Waals surface area contributed by atoms with Gasteiger partial charge in [0.25, 0.3) is 0 Å². The van der Waals surface area contributed by atoms with Crippen molar-refractivity contribution in [1.29, 1.82) is 0 Å². The lowest BCUT2D eigenvalue weighted by Crippen LogP contribution is -2.07. The average Bonchev–Trinajstić information content (AvgIpc) is 2.41. The number of nitrogens with one attached hydrogen (secondary N) is 1. The molecule has 1 heterocycles. The van der Waals surface area contributed by atoms with Crippen molar-refractivity contribution in [3.8, 4) is 5.75 Å². The molecular weight excluding hydrogens is 341 g/mol. The van der Waals surface area contributed by atoms with Gasteiger partial charge in [0.15, 0.2) is 0 Å². The molecule has 18 heavy (non-hydrogen) atoms. The molecule has 0 aliphatic carbocycles. The third kappa shape index (κ3) is 3.56. The number of rotatable bonds is 5. The normalized spacial score (nSPS) is 10.1. The van der Waals surface area contributed by atoms with Crippen molar-refractivity contribution < 1.29 is 4.74 Å². The van der Waals surface area contributed by atoms with E-state index >= 15 is 0 Å². The van der Waals surface area contributed by atoms with E-state index in [0.29, 0.717) is 0 Å². The van der Waals surface area contributed by atoms with Gasteiger partial charge < -0.3 is 10.1 Å². The molecule has 94 valence electrons. The monoisotopic (exact) mass is 355 g/mol. The topological polar surface area (TPSA) is 47.0 Å². The number of hydrogen-bond donors (Lipinski definition) is 1. The maximum Gasteiger partial charge on any atom is 0.142 e. The summed E-state index contributed by atoms with van der Waals surface area (Å²) in [6.45, 7) is 0.834. The highest BCUT2D eigenvalue weighted by molar-refractivity contribution is 14.1. The summed E-state index contributed by atoms with van der Waals surface area (Å²) in [6.07, 6.45) is 4.27. The first kappa shape index (κ1) is 13.1. The Bertz CT molecular complexity index is 519. The highest BCUT2D eigenvalue weighted by Crippen LogP contribution is 2.14. The van der Waals surface area contributed by atoms with E-state index in [1.807, 2.05) is 18.2 Å². The van der Waals surface area contributed by atoms with Crippen LogP contribution in [0, 0.1) is 3.57 Å². The zero-order chi connectivity index (χ0) is 12.8. The SMILES string of the molecule is COc1cccc(CCNc2ncncc2I)c1. The quantitative estimate of drug-likeness (QED) is 0.838. The molecule has 1 aromatic heterocycles. The molecule has 0 aliphatic heterocycles. The van der Waals surface area contributed by atoms with Gasteiger partial charge in [-0.1, -0.05) is 12.1 Å². The molecule has 2 rings (SSSR count). The highest BCUT2D eigenvalue weighted by atomic mass is 127. The number of benzene rings is 1. The summed E-state index contributed by atoms with van der Waals surface area (Å²) < 4.78 is 6.22. The van der Waals surface area contributed by atoms with Crippen molar-refractivity contribution in [3.05, 3.63) is 45.9 Å². The number of methoxy groups -OCH3 is 1. The average molecular weight is 355 g/mol. The number of ether oxygens (including phenoxy) is 1. The summed E-state index contributed by atoms with van der Waals surface area (Å²) in [5.41, 5.74) is 1.24. The van der Waals surface area contributed by atoms with Gasteiger partial charge in [0, 0.05) is 12.7 Å². The smallest absolute Gasteiger partial charge is 0.142 e. The van der Waals surface area contributed by atoms with Crippen LogP contribution < -0.4 is 10.1 Å². The highest BCUT2D eigenvalue weighted by Gasteiger charge is 2.00. The van der Waals surface area contributed by atoms with Gasteiger partial charge in [0.1, 0.15) is 17.9 Å². The molecule has 0 saturated carbocycles. The third-order valence-electron chi connectivity index (χ3n) is 2.51. The largest absolute Gasteiger partial charge is 0.497 e. The molecule has 0 amide bonds. The first-order chi connectivity index (χ1) is 8.79. The van der Waals surface area contributed by atoms with Gasteiger partial charge in [0.05, 0.1) is 10.7 Å². The number of nitrogens with zero attached hydrogens (tertiary/aromatic N) is 2. The molecule has 5 heteroatoms. The molecule has 0 spiro atoms. The van der Waals surface area contributed by atoms with Crippen LogP contribution in [0.2, 0.25) is 0 Å². The van der Waals surface area contributed by atoms with Gasteiger partial charge in [-0.25, -0.2) is 9.97 Å². The summed E-state index contributed by atoms with van der Waals surface area (Å²) >= 11 is 2.22. The van der Waals surface area contributed by atoms with E-state index in [9.17, 15) is 0 Å². The van der Waals surface area contributed by atoms with Crippen LogP contribution in [0.3, 0.4) is 0 Å². The van der Waals surface area contributed by atoms with Crippen LogP contribution >= 0.6 is 22.6 Å². The summed E-state index contributed by atoms with van der Waals surface area (Å²) in [6, 6.07) is 8.09. The van der Waals surface area contributed by atoms with E-state index in [4.69, 9.17) is 4.74 Å². The minimum Gasteiger partial charge on any atom is -0.497 e. The van der Waals surface area contributed by atoms with E-state index in [-0.39, 0.29) is 0 Å². The van der Waals surface area contributed by atoms with Crippen LogP contribution in [0.1, 0.15) is 5.56 Å². The fraction of sp³-hybridized carbons (Fsp3) is 0.231. The second-order valence-corrected chi connectivity index (χ2v) is 4.91. The second kappa shape index (κ2) is 6.53. The Morgan fingerprint density at radius 3 is 3.06 bits per heavy atom. The Balaban J connectivity index is 1.90. The zero-order valence-corrected chi connectivity index (χ0v) is 12.2. The summed E-state index contributed by atoms with van der Waals surface area (Å²) in [5, 5.41) is 3.30. The van der Waals surface area contributed by atoms with Crippen molar-refractivity contribution in [2.75, 3.05) is 19.0 Å². The van der Waals surface area contributed by atoms with Gasteiger partial charge in [-0.2, -0.15) is 0 Å². The minimum absolute atomic E-state index is 0.834. The maximum atomic E-state index is 5.20. The molecule has 0 radical (unpaired) electrons. The lowest BCUT2D eigenvalue weighted by atomic mass is 10.1. The van der Waals surface area contributed by atoms with Gasteiger partial charge in [-0.05, 0) is 46.7 Å². The summed E-state index contributed by atoms with van der Waals surface area (Å²) in [5.74, 6) is 1.78. The molecule has 0 unspecified atom stereocenters. The lowest BCUT2D eigenvalue weighted by Gasteiger charge is -2.07. The molecule has 0 atom stereocenters. The summed E-state index contributed by atoms with van der Waals surface area (Å²) in [4.78, 5) is 8.15. The fourth-order valence-electron chi connectivity index (χ4n) is 1.60. The molecule has 0 aliphatic rings. The maximum absolute atomic E-state index is 5.20. The minimum atomic E-state index is 0.834. The Morgan fingerprint density at radius 2 is 2.28 bits per heavy atom. The first-order valence-corrected chi connectivity index (χ1v) is 6.70. The van der Waals surface area contributed by atoms with Gasteiger partial charge in [0.2, 0.25) is 0 Å². The Morgan fingerprint density at radius 1 is 1.39 bits per heavy atom. The van der Waals surface area contributed by atoms with E-state index in [0.717, 1.165) is 28.1 Å². The van der Waals surface area contributed by atoms with Crippen molar-refractivity contribution >= 4 is 28.4 Å². The zero-order valence-electron chi connectivity index (χ0n) is 10.1. The molecule has 2 aromatic rings. The predicted molar refractivity (Wildman–Crippen MR) is 79.9 cm³/mol. The van der Waals surface area contributed by atoms with E-state index in [1.54, 1.807) is 19.6 Å². The van der Waals surface area contributed by atoms with Gasteiger partial charge in [-0.3, -0.25) is 0 Å². The van der Waals surface area contributed by atoms with Crippen molar-refractivity contribution in [1.82, 2.24) is 9.97 Å². The van der Waals surface area contributed by atoms with Gasteiger partial charge >= 0.3 is 0 Å². The fourth-order valence-corrected chi connectivity index (χ4v) is 2.09. The first-order valence-electron chi connectivity index (χ1n) is 5.62. The third-order valence-corrected chi connectivity index (χ3v) is 3.30. The van der Waals surface area contributed by atoms with Crippen LogP contribution in [0.5, 0.6) is 5.75 Å². The second-order valence-electron chi connectivity index (χ2n) is 3.75. The van der Waals surface area contributed by atoms with Crippen LogP contribution in [0.25, 0.3) is 0 Å². The number of anilines is 1. The van der Waals surface area contributed by atoms with E-state index in [1.165, 1.54) is 5.56 Å². The molecule has 0 saturated heterocycles. The van der Waals surface area contributed by atoms with Crippen molar-refractivity contribution in [3.63, 3.8) is 0 Å². The molecule has 4 nitrogen and oxygen atoms in total. The van der Waals surface area contributed by atoms with E-state index in [2.05, 4.69) is 43.9 Å². The van der Waals surface area contributed by atoms with Crippen LogP contribution in [0.4, 0.5) is 5.82 Å². The molecular formula is C13H14IN3O. The molecule has 0 bridgehead atoms. The molecule has 1 N–H and O–H groups in total. The number of hydrogen-bond acceptors (Lipinski definition) is 4. The number of halogens is 1. The van der Waals surface area contributed by atoms with Crippen LogP contribution in [-0.4, -0.2) is 23.6 Å². The van der Waals surface area contributed by atoms with E-state index < -0.39 is 0 Å². The van der Waals surface area contributed by atoms with Crippen molar-refractivity contribution in [2.24, 2.45) is 0 Å². The Kier molecular flexibility index (Phi) is 4.74. The number of aromatic nitrogens is 2. The lowest BCUT2D eigenvalue weighted by molar-refractivity contribution is 0.414. The standard InChI is InChI=1S/C13H14IN3O/c1-18-11-4-2-3-10(7-11)5-6-16-13-12(14)8-15-9-17-13/h2-4,7-9H,5-6H2,1H3,(H,15,16,17). The molecule has 0 fully saturated rings. The van der Waals surface area contributed by atoms with Gasteiger partial charge in [-0.15, -0.1) is 0 Å². The van der Waals surface area contributed by atoms with Crippen LogP contribution in [0.15, 0.2) is 36.8 Å². The Labute approximate surface area is 120 Å². The predicted octanol–water partition coefficient (Wildman–Crippen LogP) is 2.74. The summed E-state index contributed by atoms with van der Waals surface area (Å²) in [7, 11) is 1.68. The molecule has 1 aromatic carbocycles. The van der Waals surface area contributed by atoms with Crippen molar-refractivity contribution in [2.45, 2.75) is 6.42 Å². The van der Waals surface area contributed by atoms with Crippen LogP contribution in [-0.2, 0) is 6.42 Å². The Hall–Kier alpha value is -1.37.